The quantitative estimate of drug-likeness (QED) is 0.392. The van der Waals surface area contributed by atoms with Crippen LogP contribution in [0.15, 0.2) is 30.5 Å². The Morgan fingerprint density at radius 1 is 1.19 bits per heavy atom. The van der Waals surface area contributed by atoms with Crippen LogP contribution in [0.1, 0.15) is 48.9 Å². The minimum absolute atomic E-state index is 0.0601. The smallest absolute Gasteiger partial charge is 0.313 e. The number of rotatable bonds is 8. The number of benzene rings is 1. The molecular weight excluding hydrogens is 478 g/mol. The zero-order valence-corrected chi connectivity index (χ0v) is 21.1. The fraction of sp³-hybridized carbons (Fsp3) is 0.423. The lowest BCUT2D eigenvalue weighted by atomic mass is 9.93. The van der Waals surface area contributed by atoms with Crippen LogP contribution in [0, 0.1) is 5.41 Å². The highest BCUT2D eigenvalue weighted by molar-refractivity contribution is 6.05. The van der Waals surface area contributed by atoms with E-state index in [1.54, 1.807) is 44.3 Å². The maximum atomic E-state index is 13.1. The number of H-pyrrole nitrogens is 1. The van der Waals surface area contributed by atoms with Gasteiger partial charge in [0, 0.05) is 44.9 Å². The number of hydrogen-bond acceptors (Lipinski definition) is 8. The molecule has 3 N–H and O–H groups in total. The van der Waals surface area contributed by atoms with Crippen molar-refractivity contribution in [2.45, 2.75) is 32.8 Å². The number of aromatic amines is 1. The van der Waals surface area contributed by atoms with Crippen molar-refractivity contribution in [1.82, 2.24) is 25.8 Å². The number of esters is 1. The maximum absolute atomic E-state index is 13.1. The van der Waals surface area contributed by atoms with E-state index in [2.05, 4.69) is 25.8 Å². The van der Waals surface area contributed by atoms with E-state index in [0.29, 0.717) is 42.5 Å². The summed E-state index contributed by atoms with van der Waals surface area (Å²) >= 11 is 0. The zero-order valence-electron chi connectivity index (χ0n) is 22.1. The number of fused-ring (bicyclic) bond motifs is 1. The SMILES string of the molecule is [2H]CNC(=O)c1n[nH]c2cc(-c3cnc(OC)c(C(=O)NCC(C)(C)C(=O)OC4CCOCC4)c3)ccc12. The second kappa shape index (κ2) is 11.0. The van der Waals surface area contributed by atoms with Gasteiger partial charge in [-0.1, -0.05) is 6.07 Å². The number of nitrogens with zero attached hydrogens (tertiary/aromatic N) is 2. The largest absolute Gasteiger partial charge is 0.480 e. The molecule has 3 heterocycles. The van der Waals surface area contributed by atoms with Gasteiger partial charge in [-0.15, -0.1) is 0 Å². The Kier molecular flexibility index (Phi) is 7.31. The molecule has 1 fully saturated rings. The highest BCUT2D eigenvalue weighted by Crippen LogP contribution is 2.28. The topological polar surface area (TPSA) is 145 Å². The van der Waals surface area contributed by atoms with Gasteiger partial charge < -0.3 is 24.8 Å². The Bertz CT molecular complexity index is 1330. The molecule has 1 aliphatic heterocycles. The lowest BCUT2D eigenvalue weighted by Crippen LogP contribution is -2.42. The number of ether oxygens (including phenoxy) is 3. The minimum Gasteiger partial charge on any atom is -0.480 e. The Morgan fingerprint density at radius 3 is 2.70 bits per heavy atom. The van der Waals surface area contributed by atoms with E-state index in [1.807, 2.05) is 0 Å². The van der Waals surface area contributed by atoms with Crippen LogP contribution < -0.4 is 15.4 Å². The molecule has 0 atom stereocenters. The van der Waals surface area contributed by atoms with Gasteiger partial charge >= 0.3 is 5.97 Å². The summed E-state index contributed by atoms with van der Waals surface area (Å²) in [6.45, 7) is 4.63. The fourth-order valence-corrected chi connectivity index (χ4v) is 3.96. The predicted molar refractivity (Wildman–Crippen MR) is 135 cm³/mol. The number of pyridine rings is 1. The van der Waals surface area contributed by atoms with E-state index in [1.165, 1.54) is 7.11 Å². The highest BCUT2D eigenvalue weighted by atomic mass is 16.6. The monoisotopic (exact) mass is 510 g/mol. The van der Waals surface area contributed by atoms with E-state index in [-0.39, 0.29) is 42.8 Å². The summed E-state index contributed by atoms with van der Waals surface area (Å²) in [4.78, 5) is 42.3. The normalized spacial score (nSPS) is 14.6. The van der Waals surface area contributed by atoms with E-state index >= 15 is 0 Å². The molecule has 1 aliphatic rings. The second-order valence-corrected chi connectivity index (χ2v) is 9.40. The van der Waals surface area contributed by atoms with Gasteiger partial charge in [0.25, 0.3) is 11.8 Å². The third kappa shape index (κ3) is 5.72. The third-order valence-corrected chi connectivity index (χ3v) is 6.25. The molecule has 196 valence electrons. The summed E-state index contributed by atoms with van der Waals surface area (Å²) in [5.74, 6) is -1.12. The number of amides is 2. The van der Waals surface area contributed by atoms with Gasteiger partial charge in [-0.3, -0.25) is 19.5 Å². The average Bonchev–Trinajstić information content (AvgIpc) is 3.35. The van der Waals surface area contributed by atoms with Crippen LogP contribution >= 0.6 is 0 Å². The molecule has 0 unspecified atom stereocenters. The Hall–Kier alpha value is -3.99. The second-order valence-electron chi connectivity index (χ2n) is 9.40. The molecule has 0 radical (unpaired) electrons. The summed E-state index contributed by atoms with van der Waals surface area (Å²) < 4.78 is 23.4. The van der Waals surface area contributed by atoms with Crippen LogP contribution in [0.2, 0.25) is 0 Å². The maximum Gasteiger partial charge on any atom is 0.313 e. The summed E-state index contributed by atoms with van der Waals surface area (Å²) in [5.41, 5.74) is 1.45. The average molecular weight is 511 g/mol. The van der Waals surface area contributed by atoms with Crippen LogP contribution in [-0.4, -0.2) is 73.0 Å². The van der Waals surface area contributed by atoms with Crippen molar-refractivity contribution < 1.29 is 30.0 Å². The molecule has 2 amide bonds. The fourth-order valence-electron chi connectivity index (χ4n) is 3.96. The van der Waals surface area contributed by atoms with Crippen molar-refractivity contribution in [3.05, 3.63) is 41.7 Å². The standard InChI is InChI=1S/C26H31N5O6/c1-26(2,25(34)37-17-7-9-36-10-8-17)14-29-22(32)19-11-16(13-28-24(19)35-4)15-5-6-18-20(12-15)30-31-21(18)23(33)27-3/h5-6,11-13,17H,7-10,14H2,1-4H3,(H,27,33)(H,29,32)(H,30,31)/i3D. The number of methoxy groups -OCH3 is 1. The Balaban J connectivity index is 1.50. The number of carbonyl (C=O) groups is 3. The van der Waals surface area contributed by atoms with Crippen molar-refractivity contribution >= 4 is 28.7 Å². The molecule has 4 rings (SSSR count). The van der Waals surface area contributed by atoms with E-state index < -0.39 is 17.2 Å². The number of hydrogen-bond donors (Lipinski definition) is 3. The lowest BCUT2D eigenvalue weighted by molar-refractivity contribution is -0.163. The van der Waals surface area contributed by atoms with E-state index in [9.17, 15) is 14.4 Å². The van der Waals surface area contributed by atoms with Gasteiger partial charge in [0.1, 0.15) is 11.7 Å². The van der Waals surface area contributed by atoms with Gasteiger partial charge in [-0.2, -0.15) is 5.10 Å². The highest BCUT2D eigenvalue weighted by Gasteiger charge is 2.33. The van der Waals surface area contributed by atoms with Gasteiger partial charge in [-0.05, 0) is 37.6 Å². The predicted octanol–water partition coefficient (Wildman–Crippen LogP) is 2.47. The number of aromatic nitrogens is 3. The molecule has 37 heavy (non-hydrogen) atoms. The molecule has 0 spiro atoms. The van der Waals surface area contributed by atoms with Gasteiger partial charge in [0.2, 0.25) is 5.88 Å². The molecule has 1 aromatic carbocycles. The third-order valence-electron chi connectivity index (χ3n) is 6.25. The lowest BCUT2D eigenvalue weighted by Gasteiger charge is -2.28. The van der Waals surface area contributed by atoms with Gasteiger partial charge in [0.05, 0.1) is 31.3 Å². The van der Waals surface area contributed by atoms with Crippen LogP contribution in [0.5, 0.6) is 5.88 Å². The molecule has 11 nitrogen and oxygen atoms in total. The summed E-state index contributed by atoms with van der Waals surface area (Å²) in [6, 6.07) is 6.97. The van der Waals surface area contributed by atoms with Crippen LogP contribution in [0.3, 0.4) is 0 Å². The summed E-state index contributed by atoms with van der Waals surface area (Å²) in [7, 11) is 1.18. The molecular formula is C26H31N5O6. The molecule has 1 saturated heterocycles. The first-order valence-electron chi connectivity index (χ1n) is 12.6. The molecule has 0 aliphatic carbocycles. The molecule has 0 bridgehead atoms. The van der Waals surface area contributed by atoms with Crippen molar-refractivity contribution in [3.8, 4) is 17.0 Å². The molecule has 2 aromatic heterocycles. The first kappa shape index (κ1) is 24.7. The molecule has 3 aromatic rings. The molecule has 11 heteroatoms. The van der Waals surface area contributed by atoms with Crippen molar-refractivity contribution in [3.63, 3.8) is 0 Å². The van der Waals surface area contributed by atoms with Gasteiger partial charge in [0.15, 0.2) is 5.69 Å². The Labute approximate surface area is 215 Å². The van der Waals surface area contributed by atoms with Gasteiger partial charge in [-0.25, -0.2) is 4.98 Å². The van der Waals surface area contributed by atoms with E-state index in [4.69, 9.17) is 15.6 Å². The molecule has 0 saturated carbocycles. The number of carbonyl (C=O) groups excluding carboxylic acids is 3. The minimum atomic E-state index is -0.943. The van der Waals surface area contributed by atoms with Crippen molar-refractivity contribution in [2.24, 2.45) is 5.41 Å². The van der Waals surface area contributed by atoms with Crippen LogP contribution in [0.4, 0.5) is 0 Å². The first-order chi connectivity index (χ1) is 18.2. The van der Waals surface area contributed by atoms with Crippen molar-refractivity contribution in [2.75, 3.05) is 33.9 Å². The van der Waals surface area contributed by atoms with Crippen LogP contribution in [-0.2, 0) is 14.3 Å². The summed E-state index contributed by atoms with van der Waals surface area (Å²) in [6.07, 6.45) is 2.72. The Morgan fingerprint density at radius 2 is 1.97 bits per heavy atom. The zero-order chi connectivity index (χ0) is 27.3. The number of nitrogens with one attached hydrogen (secondary N) is 3. The first-order valence-corrected chi connectivity index (χ1v) is 11.9. The summed E-state index contributed by atoms with van der Waals surface area (Å²) in [5, 5.41) is 12.7. The van der Waals surface area contributed by atoms with Crippen LogP contribution in [0.25, 0.3) is 22.0 Å². The van der Waals surface area contributed by atoms with Crippen molar-refractivity contribution in [1.29, 1.82) is 0 Å². The van der Waals surface area contributed by atoms with E-state index in [0.717, 1.165) is 5.56 Å².